The van der Waals surface area contributed by atoms with E-state index in [-0.39, 0.29) is 0 Å². The number of ether oxygens (including phenoxy) is 1. The molecule has 1 unspecified atom stereocenters. The first-order valence-corrected chi connectivity index (χ1v) is 5.88. The van der Waals surface area contributed by atoms with Crippen LogP contribution in [-0.2, 0) is 0 Å². The van der Waals surface area contributed by atoms with Crippen molar-refractivity contribution >= 4 is 14.5 Å². The molecule has 0 radical (unpaired) electrons. The van der Waals surface area contributed by atoms with Crippen LogP contribution in [-0.4, -0.2) is 6.61 Å². The summed E-state index contributed by atoms with van der Waals surface area (Å²) < 4.78 is 5.60. The zero-order valence-corrected chi connectivity index (χ0v) is 10.4. The van der Waals surface area contributed by atoms with Crippen molar-refractivity contribution in [1.29, 1.82) is 0 Å². The van der Waals surface area contributed by atoms with Gasteiger partial charge in [-0.1, -0.05) is 39.0 Å². The molecule has 0 fully saturated rings. The van der Waals surface area contributed by atoms with Crippen LogP contribution in [0.4, 0.5) is 0 Å². The van der Waals surface area contributed by atoms with Gasteiger partial charge in [0.1, 0.15) is 5.75 Å². The topological polar surface area (TPSA) is 9.23 Å². The van der Waals surface area contributed by atoms with E-state index in [0.29, 0.717) is 5.92 Å². The molecule has 0 saturated carbocycles. The Hall–Kier alpha value is -0.550. The van der Waals surface area contributed by atoms with Gasteiger partial charge in [0.2, 0.25) is 0 Å². The minimum absolute atomic E-state index is 0.647. The fourth-order valence-electron chi connectivity index (χ4n) is 1.62. The predicted molar refractivity (Wildman–Crippen MR) is 65.7 cm³/mol. The molecular weight excluding hydrogens is 191 g/mol. The van der Waals surface area contributed by atoms with Crippen molar-refractivity contribution < 1.29 is 4.74 Å². The summed E-state index contributed by atoms with van der Waals surface area (Å²) in [6.07, 6.45) is 1.14. The van der Waals surface area contributed by atoms with Crippen molar-refractivity contribution in [3.63, 3.8) is 0 Å². The maximum absolute atomic E-state index is 5.60. The third kappa shape index (κ3) is 2.27. The predicted octanol–water partition coefficient (Wildman–Crippen LogP) is 3.10. The molecule has 1 aliphatic heterocycles. The Kier molecular flexibility index (Phi) is 4.41. The van der Waals surface area contributed by atoms with E-state index in [9.17, 15) is 0 Å². The first kappa shape index (κ1) is 11.5. The molecular formula is C12H19OP. The zero-order chi connectivity index (χ0) is 10.6. The van der Waals surface area contributed by atoms with Crippen LogP contribution < -0.4 is 10.0 Å². The summed E-state index contributed by atoms with van der Waals surface area (Å²) in [6, 6.07) is 6.32. The van der Waals surface area contributed by atoms with E-state index in [1.54, 1.807) is 0 Å². The van der Waals surface area contributed by atoms with Crippen molar-refractivity contribution in [3.05, 3.63) is 23.8 Å². The minimum Gasteiger partial charge on any atom is -0.493 e. The Morgan fingerprint density at radius 3 is 2.71 bits per heavy atom. The maximum Gasteiger partial charge on any atom is 0.129 e. The maximum atomic E-state index is 5.60. The van der Waals surface area contributed by atoms with E-state index >= 15 is 0 Å². The molecule has 14 heavy (non-hydrogen) atoms. The Morgan fingerprint density at radius 2 is 2.07 bits per heavy atom. The Balaban J connectivity index is 0.000000461. The second-order valence-corrected chi connectivity index (χ2v) is 3.93. The number of hydrogen-bond acceptors (Lipinski definition) is 1. The summed E-state index contributed by atoms with van der Waals surface area (Å²) in [6.45, 7) is 7.12. The van der Waals surface area contributed by atoms with Gasteiger partial charge >= 0.3 is 0 Å². The number of rotatable bonds is 0. The molecule has 0 amide bonds. The lowest BCUT2D eigenvalue weighted by atomic mass is 9.95. The SMILES string of the molecule is CC.C[C@@H]1CCOc2c(P)cccc21. The normalized spacial score (nSPS) is 18.7. The van der Waals surface area contributed by atoms with Gasteiger partial charge in [-0.05, 0) is 17.9 Å². The van der Waals surface area contributed by atoms with Crippen molar-refractivity contribution in [3.8, 4) is 5.75 Å². The Morgan fingerprint density at radius 1 is 1.36 bits per heavy atom. The Labute approximate surface area is 89.1 Å². The molecule has 0 aromatic heterocycles. The lowest BCUT2D eigenvalue weighted by molar-refractivity contribution is 0.275. The van der Waals surface area contributed by atoms with Gasteiger partial charge in [-0.3, -0.25) is 0 Å². The first-order valence-electron chi connectivity index (χ1n) is 5.30. The quantitative estimate of drug-likeness (QED) is 0.598. The van der Waals surface area contributed by atoms with Crippen LogP contribution in [0.1, 0.15) is 38.7 Å². The summed E-state index contributed by atoms with van der Waals surface area (Å²) in [4.78, 5) is 0. The molecule has 1 nitrogen and oxygen atoms in total. The largest absolute Gasteiger partial charge is 0.493 e. The first-order chi connectivity index (χ1) is 6.79. The summed E-state index contributed by atoms with van der Waals surface area (Å²) in [7, 11) is 2.72. The van der Waals surface area contributed by atoms with Crippen LogP contribution in [0.5, 0.6) is 5.75 Å². The van der Waals surface area contributed by atoms with Gasteiger partial charge in [0.25, 0.3) is 0 Å². The highest BCUT2D eigenvalue weighted by Gasteiger charge is 2.18. The highest BCUT2D eigenvalue weighted by molar-refractivity contribution is 7.27. The molecule has 2 heteroatoms. The van der Waals surface area contributed by atoms with E-state index in [1.807, 2.05) is 13.8 Å². The van der Waals surface area contributed by atoms with Crippen molar-refractivity contribution in [2.24, 2.45) is 0 Å². The molecule has 0 aliphatic carbocycles. The van der Waals surface area contributed by atoms with Gasteiger partial charge in [-0.2, -0.15) is 0 Å². The fourth-order valence-corrected chi connectivity index (χ4v) is 1.98. The molecule has 0 spiro atoms. The number of hydrogen-bond donors (Lipinski definition) is 0. The van der Waals surface area contributed by atoms with E-state index in [1.165, 1.54) is 10.9 Å². The molecule has 1 aromatic carbocycles. The van der Waals surface area contributed by atoms with E-state index in [0.717, 1.165) is 18.8 Å². The number of para-hydroxylation sites is 1. The van der Waals surface area contributed by atoms with Gasteiger partial charge in [0, 0.05) is 5.30 Å². The number of benzene rings is 1. The van der Waals surface area contributed by atoms with Gasteiger partial charge in [-0.15, -0.1) is 9.24 Å². The lowest BCUT2D eigenvalue weighted by Gasteiger charge is -2.24. The summed E-state index contributed by atoms with van der Waals surface area (Å²) in [5.41, 5.74) is 1.36. The van der Waals surface area contributed by atoms with Gasteiger partial charge in [0.05, 0.1) is 6.61 Å². The molecule has 1 aliphatic rings. The summed E-state index contributed by atoms with van der Waals surface area (Å²) in [5, 5.41) is 1.18. The average Bonchev–Trinajstić information content (AvgIpc) is 2.23. The van der Waals surface area contributed by atoms with Crippen LogP contribution in [0.25, 0.3) is 0 Å². The molecule has 0 saturated heterocycles. The molecule has 0 bridgehead atoms. The third-order valence-corrected chi connectivity index (χ3v) is 2.86. The van der Waals surface area contributed by atoms with Crippen LogP contribution in [0.3, 0.4) is 0 Å². The smallest absolute Gasteiger partial charge is 0.129 e. The molecule has 78 valence electrons. The zero-order valence-electron chi connectivity index (χ0n) is 9.21. The highest BCUT2D eigenvalue weighted by Crippen LogP contribution is 2.32. The number of fused-ring (bicyclic) bond motifs is 1. The molecule has 1 aromatic rings. The standard InChI is InChI=1S/C10H13OP.C2H6/c1-7-5-6-11-10-8(7)3-2-4-9(10)12;1-2/h2-4,7H,5-6,12H2,1H3;1-2H3/t7-;/m1./s1. The van der Waals surface area contributed by atoms with Crippen LogP contribution in [0.2, 0.25) is 0 Å². The highest BCUT2D eigenvalue weighted by atomic mass is 31.0. The average molecular weight is 210 g/mol. The van der Waals surface area contributed by atoms with Crippen molar-refractivity contribution in [2.45, 2.75) is 33.1 Å². The van der Waals surface area contributed by atoms with Gasteiger partial charge in [0.15, 0.2) is 0 Å². The lowest BCUT2D eigenvalue weighted by Crippen LogP contribution is -2.16. The summed E-state index contributed by atoms with van der Waals surface area (Å²) in [5.74, 6) is 1.73. The van der Waals surface area contributed by atoms with Crippen molar-refractivity contribution in [2.75, 3.05) is 6.61 Å². The second kappa shape index (κ2) is 5.36. The van der Waals surface area contributed by atoms with Crippen molar-refractivity contribution in [1.82, 2.24) is 0 Å². The van der Waals surface area contributed by atoms with Gasteiger partial charge < -0.3 is 4.74 Å². The van der Waals surface area contributed by atoms with E-state index in [2.05, 4.69) is 34.4 Å². The Bertz CT molecular complexity index is 296. The fraction of sp³-hybridized carbons (Fsp3) is 0.500. The van der Waals surface area contributed by atoms with E-state index in [4.69, 9.17) is 4.74 Å². The monoisotopic (exact) mass is 210 g/mol. The molecule has 2 atom stereocenters. The molecule has 2 rings (SSSR count). The molecule has 1 heterocycles. The summed E-state index contributed by atoms with van der Waals surface area (Å²) >= 11 is 0. The van der Waals surface area contributed by atoms with Crippen LogP contribution in [0, 0.1) is 0 Å². The van der Waals surface area contributed by atoms with Crippen LogP contribution >= 0.6 is 9.24 Å². The second-order valence-electron chi connectivity index (χ2n) is 3.30. The van der Waals surface area contributed by atoms with Gasteiger partial charge in [-0.25, -0.2) is 0 Å². The molecule has 0 N–H and O–H groups in total. The van der Waals surface area contributed by atoms with E-state index < -0.39 is 0 Å². The van der Waals surface area contributed by atoms with Crippen LogP contribution in [0.15, 0.2) is 18.2 Å². The third-order valence-electron chi connectivity index (χ3n) is 2.40. The minimum atomic E-state index is 0.647.